The molecule has 0 aliphatic rings. The van der Waals surface area contributed by atoms with Gasteiger partial charge in [-0.1, -0.05) is 35.9 Å². The van der Waals surface area contributed by atoms with Crippen molar-refractivity contribution in [2.45, 2.75) is 17.7 Å². The molecule has 0 saturated carbocycles. The normalized spacial score (nSPS) is 10.4. The van der Waals surface area contributed by atoms with Gasteiger partial charge < -0.3 is 0 Å². The molecule has 1 heterocycles. The topological polar surface area (TPSA) is 12.9 Å². The van der Waals surface area contributed by atoms with Crippen LogP contribution in [-0.4, -0.2) is 4.98 Å². The van der Waals surface area contributed by atoms with Crippen molar-refractivity contribution in [3.63, 3.8) is 0 Å². The first kappa shape index (κ1) is 11.1. The number of benzene rings is 1. The second-order valence-corrected chi connectivity index (χ2v) is 4.57. The van der Waals surface area contributed by atoms with E-state index in [1.807, 2.05) is 12.1 Å². The monoisotopic (exact) mass is 233 g/mol. The van der Waals surface area contributed by atoms with Gasteiger partial charge in [0.2, 0.25) is 5.95 Å². The Bertz CT molecular complexity index is 439. The molecule has 0 aliphatic heterocycles. The fraction of sp³-hybridized carbons (Fsp3) is 0.154. The molecule has 0 unspecified atom stereocenters. The lowest BCUT2D eigenvalue weighted by Gasteiger charge is -2.02. The summed E-state index contributed by atoms with van der Waals surface area (Å²) < 4.78 is 12.8. The van der Waals surface area contributed by atoms with Crippen molar-refractivity contribution in [3.8, 4) is 0 Å². The first-order valence-corrected chi connectivity index (χ1v) is 6.03. The molecule has 1 aromatic carbocycles. The number of hydrogen-bond donors (Lipinski definition) is 0. The maximum absolute atomic E-state index is 12.8. The van der Waals surface area contributed by atoms with E-state index in [2.05, 4.69) is 30.1 Å². The zero-order chi connectivity index (χ0) is 11.4. The van der Waals surface area contributed by atoms with Crippen molar-refractivity contribution in [1.82, 2.24) is 4.98 Å². The van der Waals surface area contributed by atoms with Gasteiger partial charge in [0.05, 0.1) is 5.03 Å². The molecular formula is C13H12FNS. The molecule has 0 spiro atoms. The number of aromatic nitrogens is 1. The fourth-order valence-electron chi connectivity index (χ4n) is 1.43. The maximum Gasteiger partial charge on any atom is 0.213 e. The van der Waals surface area contributed by atoms with Gasteiger partial charge in [-0.25, -0.2) is 4.98 Å². The smallest absolute Gasteiger partial charge is 0.213 e. The van der Waals surface area contributed by atoms with Gasteiger partial charge in [-0.3, -0.25) is 0 Å². The van der Waals surface area contributed by atoms with E-state index < -0.39 is 5.95 Å². The maximum atomic E-state index is 12.8. The van der Waals surface area contributed by atoms with Gasteiger partial charge in [-0.2, -0.15) is 4.39 Å². The van der Waals surface area contributed by atoms with E-state index in [9.17, 15) is 4.39 Å². The molecule has 82 valence electrons. The van der Waals surface area contributed by atoms with Crippen LogP contribution in [0.5, 0.6) is 0 Å². The number of hydrogen-bond acceptors (Lipinski definition) is 2. The predicted octanol–water partition coefficient (Wildman–Crippen LogP) is 3.82. The lowest BCUT2D eigenvalue weighted by atomic mass is 10.2. The minimum atomic E-state index is -0.422. The summed E-state index contributed by atoms with van der Waals surface area (Å²) in [6.45, 7) is 2.06. The van der Waals surface area contributed by atoms with Crippen LogP contribution in [0.25, 0.3) is 0 Å². The van der Waals surface area contributed by atoms with Crippen LogP contribution in [0.3, 0.4) is 0 Å². The second-order valence-electron chi connectivity index (χ2n) is 3.58. The lowest BCUT2D eigenvalue weighted by molar-refractivity contribution is 0.572. The van der Waals surface area contributed by atoms with Crippen molar-refractivity contribution in [3.05, 3.63) is 59.5 Å². The molecule has 2 rings (SSSR count). The average molecular weight is 233 g/mol. The summed E-state index contributed by atoms with van der Waals surface area (Å²) in [4.78, 5) is 3.81. The third-order valence-electron chi connectivity index (χ3n) is 2.16. The zero-order valence-corrected chi connectivity index (χ0v) is 9.80. The number of pyridine rings is 1. The first-order chi connectivity index (χ1) is 7.74. The highest BCUT2D eigenvalue weighted by Crippen LogP contribution is 2.21. The first-order valence-electron chi connectivity index (χ1n) is 5.05. The Morgan fingerprint density at radius 1 is 1.19 bits per heavy atom. The molecule has 0 fully saturated rings. The molecule has 2 aromatic rings. The van der Waals surface area contributed by atoms with Crippen LogP contribution in [-0.2, 0) is 5.75 Å². The summed E-state index contributed by atoms with van der Waals surface area (Å²) in [7, 11) is 0. The van der Waals surface area contributed by atoms with E-state index in [4.69, 9.17) is 0 Å². The van der Waals surface area contributed by atoms with Gasteiger partial charge in [0.25, 0.3) is 0 Å². The average Bonchev–Trinajstić information content (AvgIpc) is 2.27. The number of aryl methyl sites for hydroxylation is 1. The third-order valence-corrected chi connectivity index (χ3v) is 3.16. The molecule has 0 aliphatic carbocycles. The second kappa shape index (κ2) is 5.12. The molecule has 0 amide bonds. The van der Waals surface area contributed by atoms with E-state index in [0.29, 0.717) is 0 Å². The van der Waals surface area contributed by atoms with E-state index in [0.717, 1.165) is 10.8 Å². The molecule has 0 saturated heterocycles. The number of halogens is 1. The van der Waals surface area contributed by atoms with Crippen LogP contribution in [0.1, 0.15) is 11.1 Å². The summed E-state index contributed by atoms with van der Waals surface area (Å²) in [6.07, 6.45) is 0. The van der Waals surface area contributed by atoms with E-state index in [-0.39, 0.29) is 0 Å². The number of thioether (sulfide) groups is 1. The molecular weight excluding hydrogens is 221 g/mol. The largest absolute Gasteiger partial charge is 0.213 e. The number of nitrogens with zero attached hydrogens (tertiary/aromatic N) is 1. The molecule has 0 bridgehead atoms. The molecule has 0 N–H and O–H groups in total. The van der Waals surface area contributed by atoms with Gasteiger partial charge in [0.1, 0.15) is 0 Å². The Balaban J connectivity index is 2.02. The highest BCUT2D eigenvalue weighted by molar-refractivity contribution is 7.98. The minimum Gasteiger partial charge on any atom is -0.213 e. The van der Waals surface area contributed by atoms with E-state index in [1.165, 1.54) is 17.2 Å². The van der Waals surface area contributed by atoms with Gasteiger partial charge in [0, 0.05) is 5.75 Å². The summed E-state index contributed by atoms with van der Waals surface area (Å²) in [5.41, 5.74) is 2.47. The van der Waals surface area contributed by atoms with Gasteiger partial charge in [-0.05, 0) is 24.6 Å². The van der Waals surface area contributed by atoms with Crippen molar-refractivity contribution in [2.24, 2.45) is 0 Å². The van der Waals surface area contributed by atoms with Crippen LogP contribution in [0, 0.1) is 12.9 Å². The van der Waals surface area contributed by atoms with Crippen molar-refractivity contribution in [1.29, 1.82) is 0 Å². The SMILES string of the molecule is Cc1cccc(CSc2cccc(F)n2)c1. The molecule has 3 heteroatoms. The summed E-state index contributed by atoms with van der Waals surface area (Å²) in [5, 5.41) is 0.724. The van der Waals surface area contributed by atoms with Crippen molar-refractivity contribution >= 4 is 11.8 Å². The van der Waals surface area contributed by atoms with Crippen molar-refractivity contribution < 1.29 is 4.39 Å². The lowest BCUT2D eigenvalue weighted by Crippen LogP contribution is -1.86. The molecule has 0 radical (unpaired) electrons. The fourth-order valence-corrected chi connectivity index (χ4v) is 2.25. The Kier molecular flexibility index (Phi) is 3.57. The van der Waals surface area contributed by atoms with Crippen LogP contribution in [0.4, 0.5) is 4.39 Å². The predicted molar refractivity (Wildman–Crippen MR) is 64.9 cm³/mol. The van der Waals surface area contributed by atoms with Crippen LogP contribution < -0.4 is 0 Å². The van der Waals surface area contributed by atoms with Crippen LogP contribution in [0.2, 0.25) is 0 Å². The quantitative estimate of drug-likeness (QED) is 0.590. The van der Waals surface area contributed by atoms with E-state index >= 15 is 0 Å². The summed E-state index contributed by atoms with van der Waals surface area (Å²) in [6, 6.07) is 13.2. The Hall–Kier alpha value is -1.35. The van der Waals surface area contributed by atoms with Gasteiger partial charge in [0.15, 0.2) is 0 Å². The van der Waals surface area contributed by atoms with Crippen LogP contribution in [0.15, 0.2) is 47.5 Å². The standard InChI is InChI=1S/C13H12FNS/c1-10-4-2-5-11(8-10)9-16-13-7-3-6-12(14)15-13/h2-8H,9H2,1H3. The third kappa shape index (κ3) is 3.07. The molecule has 16 heavy (non-hydrogen) atoms. The molecule has 1 aromatic heterocycles. The zero-order valence-electron chi connectivity index (χ0n) is 8.98. The Morgan fingerprint density at radius 3 is 2.75 bits per heavy atom. The highest BCUT2D eigenvalue weighted by atomic mass is 32.2. The van der Waals surface area contributed by atoms with Crippen molar-refractivity contribution in [2.75, 3.05) is 0 Å². The minimum absolute atomic E-state index is 0.422. The summed E-state index contributed by atoms with van der Waals surface area (Å²) >= 11 is 1.55. The molecule has 0 atom stereocenters. The van der Waals surface area contributed by atoms with Crippen LogP contribution >= 0.6 is 11.8 Å². The Morgan fingerprint density at radius 2 is 2.00 bits per heavy atom. The van der Waals surface area contributed by atoms with Gasteiger partial charge >= 0.3 is 0 Å². The van der Waals surface area contributed by atoms with Gasteiger partial charge in [-0.15, -0.1) is 11.8 Å². The molecule has 1 nitrogen and oxygen atoms in total. The summed E-state index contributed by atoms with van der Waals surface area (Å²) in [5.74, 6) is 0.396. The number of rotatable bonds is 3. The highest BCUT2D eigenvalue weighted by Gasteiger charge is 1.99. The van der Waals surface area contributed by atoms with E-state index in [1.54, 1.807) is 17.8 Å². The Labute approximate surface area is 98.7 Å².